The summed E-state index contributed by atoms with van der Waals surface area (Å²) in [6.45, 7) is 13.5. The lowest BCUT2D eigenvalue weighted by atomic mass is 9.87. The van der Waals surface area contributed by atoms with Gasteiger partial charge in [-0.05, 0) is 37.8 Å². The second-order valence-corrected chi connectivity index (χ2v) is 14.2. The molecule has 2 saturated heterocycles. The molecule has 2 rings (SSSR count). The molecule has 25 heavy (non-hydrogen) atoms. The summed E-state index contributed by atoms with van der Waals surface area (Å²) in [6.07, 6.45) is 10.6. The van der Waals surface area contributed by atoms with Gasteiger partial charge in [0.15, 0.2) is 0 Å². The summed E-state index contributed by atoms with van der Waals surface area (Å²) in [6, 6.07) is 1.46. The van der Waals surface area contributed by atoms with Gasteiger partial charge in [0.05, 0.1) is 0 Å². The molecule has 0 bridgehead atoms. The molecule has 0 unspecified atom stereocenters. The maximum absolute atomic E-state index is 12.2. The fourth-order valence-electron chi connectivity index (χ4n) is 3.83. The van der Waals surface area contributed by atoms with Crippen molar-refractivity contribution >= 4 is 19.9 Å². The van der Waals surface area contributed by atoms with Gasteiger partial charge in [-0.1, -0.05) is 37.9 Å². The highest BCUT2D eigenvalue weighted by Crippen LogP contribution is 2.28. The van der Waals surface area contributed by atoms with Crippen LogP contribution in [0.2, 0.25) is 25.7 Å². The Morgan fingerprint density at radius 3 is 2.44 bits per heavy atom. The third kappa shape index (κ3) is 5.92. The van der Waals surface area contributed by atoms with Gasteiger partial charge in [0.2, 0.25) is 11.8 Å². The standard InChI is InChI=1S/C20H34N2O2Si/c1-5-13-21-14-7-9-17(18(21)10-8-15-25(2,3)4)16-22-19(23)11-6-12-20(22)24/h5,8,10,17-18H,1,6-7,9,11-16H2,2-4H3/b10-8+/t17-,18-/m0/s1. The van der Waals surface area contributed by atoms with Gasteiger partial charge in [0.25, 0.3) is 0 Å². The van der Waals surface area contributed by atoms with Gasteiger partial charge >= 0.3 is 0 Å². The van der Waals surface area contributed by atoms with Crippen LogP contribution in [0.3, 0.4) is 0 Å². The molecule has 0 aromatic rings. The number of carbonyl (C=O) groups excluding carboxylic acids is 2. The molecule has 4 nitrogen and oxygen atoms in total. The summed E-state index contributed by atoms with van der Waals surface area (Å²) in [7, 11) is -1.11. The van der Waals surface area contributed by atoms with E-state index in [2.05, 4.69) is 43.3 Å². The highest BCUT2D eigenvalue weighted by molar-refractivity contribution is 6.76. The van der Waals surface area contributed by atoms with E-state index in [0.29, 0.717) is 37.8 Å². The van der Waals surface area contributed by atoms with Gasteiger partial charge in [0, 0.05) is 40.0 Å². The molecule has 2 amide bonds. The Bertz CT molecular complexity index is 508. The SMILES string of the molecule is C=CCN1CCC[C@@H](CN2C(=O)CCCC2=O)[C@@H]1/C=C/C[Si](C)(C)C. The predicted molar refractivity (Wildman–Crippen MR) is 106 cm³/mol. The first-order valence-electron chi connectivity index (χ1n) is 9.66. The Morgan fingerprint density at radius 2 is 1.84 bits per heavy atom. The van der Waals surface area contributed by atoms with Gasteiger partial charge < -0.3 is 0 Å². The van der Waals surface area contributed by atoms with Crippen LogP contribution in [-0.4, -0.2) is 55.4 Å². The Morgan fingerprint density at radius 1 is 1.16 bits per heavy atom. The Balaban J connectivity index is 2.12. The molecule has 0 aliphatic carbocycles. The minimum atomic E-state index is -1.11. The van der Waals surface area contributed by atoms with E-state index in [9.17, 15) is 9.59 Å². The summed E-state index contributed by atoms with van der Waals surface area (Å²) in [5.41, 5.74) is 0. The largest absolute Gasteiger partial charge is 0.293 e. The lowest BCUT2D eigenvalue weighted by Crippen LogP contribution is -2.51. The quantitative estimate of drug-likeness (QED) is 0.394. The number of carbonyl (C=O) groups is 2. The number of nitrogens with zero attached hydrogens (tertiary/aromatic N) is 2. The summed E-state index contributed by atoms with van der Waals surface area (Å²) in [5.74, 6) is 0.362. The minimum absolute atomic E-state index is 0.0157. The molecule has 0 saturated carbocycles. The average molecular weight is 363 g/mol. The number of allylic oxidation sites excluding steroid dienone is 1. The van der Waals surface area contributed by atoms with Crippen molar-refractivity contribution in [2.45, 2.75) is 63.8 Å². The fraction of sp³-hybridized carbons (Fsp3) is 0.700. The topological polar surface area (TPSA) is 40.6 Å². The second kappa shape index (κ2) is 8.95. The number of hydrogen-bond acceptors (Lipinski definition) is 3. The normalized spacial score (nSPS) is 26.4. The van der Waals surface area contributed by atoms with Crippen LogP contribution in [0.25, 0.3) is 0 Å². The first-order valence-corrected chi connectivity index (χ1v) is 13.4. The number of amides is 2. The maximum Gasteiger partial charge on any atom is 0.229 e. The van der Waals surface area contributed by atoms with E-state index < -0.39 is 8.07 Å². The van der Waals surface area contributed by atoms with Gasteiger partial charge in [-0.2, -0.15) is 0 Å². The molecule has 2 heterocycles. The van der Waals surface area contributed by atoms with Gasteiger partial charge in [-0.15, -0.1) is 6.58 Å². The summed E-state index contributed by atoms with van der Waals surface area (Å²) >= 11 is 0. The van der Waals surface area contributed by atoms with Gasteiger partial charge in [-0.25, -0.2) is 0 Å². The molecule has 2 aliphatic heterocycles. The third-order valence-corrected chi connectivity index (χ3v) is 6.61. The van der Waals surface area contributed by atoms with E-state index in [1.807, 2.05) is 6.08 Å². The number of rotatable bonds is 7. The molecular weight excluding hydrogens is 328 g/mol. The smallest absolute Gasteiger partial charge is 0.229 e. The van der Waals surface area contributed by atoms with E-state index in [4.69, 9.17) is 0 Å². The molecule has 140 valence electrons. The number of imide groups is 1. The Hall–Kier alpha value is -1.20. The lowest BCUT2D eigenvalue weighted by molar-refractivity contribution is -0.149. The highest BCUT2D eigenvalue weighted by Gasteiger charge is 2.34. The van der Waals surface area contributed by atoms with E-state index in [1.165, 1.54) is 10.9 Å². The minimum Gasteiger partial charge on any atom is -0.293 e. The van der Waals surface area contributed by atoms with Crippen molar-refractivity contribution in [2.75, 3.05) is 19.6 Å². The summed E-state index contributed by atoms with van der Waals surface area (Å²) in [5, 5.41) is 0. The molecule has 0 radical (unpaired) electrons. The second-order valence-electron chi connectivity index (χ2n) is 8.62. The van der Waals surface area contributed by atoms with Crippen molar-refractivity contribution in [2.24, 2.45) is 5.92 Å². The van der Waals surface area contributed by atoms with Crippen LogP contribution >= 0.6 is 0 Å². The van der Waals surface area contributed by atoms with Crippen molar-refractivity contribution in [1.82, 2.24) is 9.80 Å². The third-order valence-electron chi connectivity index (χ3n) is 5.15. The molecule has 2 fully saturated rings. The molecule has 2 atom stereocenters. The monoisotopic (exact) mass is 362 g/mol. The zero-order valence-corrected chi connectivity index (χ0v) is 17.2. The molecule has 0 aromatic heterocycles. The van der Waals surface area contributed by atoms with Crippen LogP contribution in [0.1, 0.15) is 32.1 Å². The fourth-order valence-corrected chi connectivity index (χ4v) is 4.67. The molecule has 5 heteroatoms. The van der Waals surface area contributed by atoms with Crippen LogP contribution in [0.5, 0.6) is 0 Å². The van der Waals surface area contributed by atoms with Crippen LogP contribution < -0.4 is 0 Å². The van der Waals surface area contributed by atoms with Crippen molar-refractivity contribution in [3.8, 4) is 0 Å². The molecule has 0 aromatic carbocycles. The Labute approximate surface area is 154 Å². The van der Waals surface area contributed by atoms with Crippen molar-refractivity contribution < 1.29 is 9.59 Å². The first-order chi connectivity index (χ1) is 11.8. The van der Waals surface area contributed by atoms with E-state index in [-0.39, 0.29) is 11.8 Å². The average Bonchev–Trinajstić information content (AvgIpc) is 2.52. The molecule has 0 N–H and O–H groups in total. The van der Waals surface area contributed by atoms with Crippen LogP contribution in [-0.2, 0) is 9.59 Å². The molecule has 0 spiro atoms. The van der Waals surface area contributed by atoms with E-state index >= 15 is 0 Å². The Kier molecular flexibility index (Phi) is 7.20. The van der Waals surface area contributed by atoms with Crippen molar-refractivity contribution in [3.05, 3.63) is 24.8 Å². The maximum atomic E-state index is 12.2. The lowest BCUT2D eigenvalue weighted by Gasteiger charge is -2.41. The van der Waals surface area contributed by atoms with Crippen molar-refractivity contribution in [3.63, 3.8) is 0 Å². The zero-order valence-electron chi connectivity index (χ0n) is 16.2. The summed E-state index contributed by atoms with van der Waals surface area (Å²) < 4.78 is 0. The van der Waals surface area contributed by atoms with E-state index in [1.54, 1.807) is 0 Å². The zero-order chi connectivity index (χ0) is 18.4. The van der Waals surface area contributed by atoms with Crippen LogP contribution in [0.15, 0.2) is 24.8 Å². The number of likely N-dealkylation sites (tertiary alicyclic amines) is 2. The van der Waals surface area contributed by atoms with Gasteiger partial charge in [0.1, 0.15) is 0 Å². The molecular formula is C20H34N2O2Si. The summed E-state index contributed by atoms with van der Waals surface area (Å²) in [4.78, 5) is 28.4. The number of piperidine rings is 2. The van der Waals surface area contributed by atoms with Crippen LogP contribution in [0, 0.1) is 5.92 Å². The first kappa shape index (κ1) is 20.1. The predicted octanol–water partition coefficient (Wildman–Crippen LogP) is 3.69. The van der Waals surface area contributed by atoms with Crippen molar-refractivity contribution in [1.29, 1.82) is 0 Å². The number of hydrogen-bond donors (Lipinski definition) is 0. The van der Waals surface area contributed by atoms with Gasteiger partial charge in [-0.3, -0.25) is 19.4 Å². The molecule has 2 aliphatic rings. The van der Waals surface area contributed by atoms with Crippen LogP contribution in [0.4, 0.5) is 0 Å². The van der Waals surface area contributed by atoms with E-state index in [0.717, 1.165) is 25.9 Å². The highest BCUT2D eigenvalue weighted by atomic mass is 28.3.